The lowest BCUT2D eigenvalue weighted by Gasteiger charge is -2.27. The van der Waals surface area contributed by atoms with Gasteiger partial charge in [0.15, 0.2) is 0 Å². The summed E-state index contributed by atoms with van der Waals surface area (Å²) in [5, 5.41) is 5.01. The summed E-state index contributed by atoms with van der Waals surface area (Å²) in [7, 11) is 0. The van der Waals surface area contributed by atoms with Gasteiger partial charge in [0.1, 0.15) is 0 Å². The number of anilines is 3. The van der Waals surface area contributed by atoms with Crippen molar-refractivity contribution >= 4 is 55.7 Å². The summed E-state index contributed by atoms with van der Waals surface area (Å²) in [4.78, 5) is 2.38. The highest BCUT2D eigenvalue weighted by Gasteiger charge is 2.20. The van der Waals surface area contributed by atoms with Crippen molar-refractivity contribution in [1.29, 1.82) is 0 Å². The zero-order valence-electron chi connectivity index (χ0n) is 28.8. The number of hydrogen-bond acceptors (Lipinski definition) is 1. The van der Waals surface area contributed by atoms with E-state index in [-0.39, 0.29) is 0 Å². The summed E-state index contributed by atoms with van der Waals surface area (Å²) in [5.74, 6) is 0. The molecule has 2 nitrogen and oxygen atoms in total. The number of fused-ring (bicyclic) bond motifs is 5. The molecule has 1 aliphatic rings. The molecule has 0 saturated carbocycles. The predicted octanol–water partition coefficient (Wildman–Crippen LogP) is 13.7. The summed E-state index contributed by atoms with van der Waals surface area (Å²) in [6.45, 7) is 0. The van der Waals surface area contributed by atoms with Crippen LogP contribution in [0.4, 0.5) is 17.1 Å². The van der Waals surface area contributed by atoms with Crippen LogP contribution in [-0.2, 0) is 6.42 Å². The molecule has 1 aliphatic carbocycles. The molecule has 0 fully saturated rings. The van der Waals surface area contributed by atoms with Crippen LogP contribution in [0.25, 0.3) is 66.6 Å². The van der Waals surface area contributed by atoms with Crippen molar-refractivity contribution < 1.29 is 0 Å². The molecule has 0 unspecified atom stereocenters. The van der Waals surface area contributed by atoms with Crippen molar-refractivity contribution in [3.63, 3.8) is 0 Å². The fourth-order valence-electron chi connectivity index (χ4n) is 8.18. The molecule has 0 saturated heterocycles. The summed E-state index contributed by atoms with van der Waals surface area (Å²) in [6, 6.07) is 66.5. The smallest absolute Gasteiger partial charge is 0.0547 e. The van der Waals surface area contributed by atoms with Crippen molar-refractivity contribution in [2.75, 3.05) is 4.90 Å². The van der Waals surface area contributed by atoms with Crippen molar-refractivity contribution in [2.24, 2.45) is 0 Å². The second-order valence-corrected chi connectivity index (χ2v) is 13.7. The molecule has 1 aromatic heterocycles. The van der Waals surface area contributed by atoms with E-state index in [2.05, 4.69) is 204 Å². The molecule has 10 rings (SSSR count). The number of nitrogens with zero attached hydrogens (tertiary/aromatic N) is 2. The minimum Gasteiger partial charge on any atom is -0.310 e. The second-order valence-electron chi connectivity index (χ2n) is 13.7. The SMILES string of the molecule is C1=Cc2cccc(-c3ccc(N(c4ccccc4)c4ccc(-n5c6ccccc6c6cc7ccccc7cc65)c(-c5ccccc5)c4)cc3)c2CC1. The zero-order valence-corrected chi connectivity index (χ0v) is 28.8. The molecule has 0 bridgehead atoms. The maximum atomic E-state index is 2.46. The maximum Gasteiger partial charge on any atom is 0.0547 e. The van der Waals surface area contributed by atoms with Crippen LogP contribution in [0.3, 0.4) is 0 Å². The summed E-state index contributed by atoms with van der Waals surface area (Å²) >= 11 is 0. The first-order valence-corrected chi connectivity index (χ1v) is 18.2. The van der Waals surface area contributed by atoms with Crippen molar-refractivity contribution in [3.8, 4) is 27.9 Å². The van der Waals surface area contributed by atoms with Crippen LogP contribution < -0.4 is 4.90 Å². The highest BCUT2D eigenvalue weighted by atomic mass is 15.1. The highest BCUT2D eigenvalue weighted by Crippen LogP contribution is 2.43. The molecule has 246 valence electrons. The average molecular weight is 665 g/mol. The molecule has 0 amide bonds. The first-order chi connectivity index (χ1) is 25.8. The maximum absolute atomic E-state index is 2.46. The standard InChI is InChI=1S/C50H36N2/c1-3-14-36(15-4-1)46-34-42(30-31-49(46)52-48-25-12-11-23-45(48)47-32-38-17-7-8-18-39(38)33-50(47)52)51(40-20-5-2-6-21-40)41-28-26-37(27-29-41)44-24-13-19-35-16-9-10-22-43(35)44/h1-9,11-21,23-34H,10,22H2. The Morgan fingerprint density at radius 2 is 1.12 bits per heavy atom. The van der Waals surface area contributed by atoms with Gasteiger partial charge >= 0.3 is 0 Å². The van der Waals surface area contributed by atoms with Crippen LogP contribution in [0.1, 0.15) is 17.5 Å². The Hall–Kier alpha value is -6.64. The predicted molar refractivity (Wildman–Crippen MR) is 221 cm³/mol. The van der Waals surface area contributed by atoms with E-state index in [0.717, 1.165) is 35.6 Å². The second kappa shape index (κ2) is 12.6. The van der Waals surface area contributed by atoms with Crippen molar-refractivity contribution in [1.82, 2.24) is 4.57 Å². The number of allylic oxidation sites excluding steroid dienone is 1. The van der Waals surface area contributed by atoms with Crippen LogP contribution in [0.15, 0.2) is 188 Å². The average Bonchev–Trinajstić information content (AvgIpc) is 3.53. The third kappa shape index (κ3) is 5.11. The number of aromatic nitrogens is 1. The van der Waals surface area contributed by atoms with E-state index in [1.165, 1.54) is 66.0 Å². The number of hydrogen-bond donors (Lipinski definition) is 0. The number of benzene rings is 8. The van der Waals surface area contributed by atoms with E-state index in [9.17, 15) is 0 Å². The lowest BCUT2D eigenvalue weighted by atomic mass is 9.89. The van der Waals surface area contributed by atoms with Gasteiger partial charge in [-0.3, -0.25) is 0 Å². The van der Waals surface area contributed by atoms with E-state index in [1.54, 1.807) is 0 Å². The quantitative estimate of drug-likeness (QED) is 0.172. The fourth-order valence-corrected chi connectivity index (χ4v) is 8.18. The monoisotopic (exact) mass is 664 g/mol. The molecule has 1 heterocycles. The molecule has 0 atom stereocenters. The molecule has 0 aliphatic heterocycles. The van der Waals surface area contributed by atoms with Gasteiger partial charge in [-0.2, -0.15) is 0 Å². The first kappa shape index (κ1) is 30.2. The van der Waals surface area contributed by atoms with Crippen LogP contribution in [0.5, 0.6) is 0 Å². The van der Waals surface area contributed by atoms with E-state index < -0.39 is 0 Å². The molecule has 9 aromatic rings. The molecule has 52 heavy (non-hydrogen) atoms. The topological polar surface area (TPSA) is 8.17 Å². The lowest BCUT2D eigenvalue weighted by Crippen LogP contribution is -2.10. The minimum atomic E-state index is 1.08. The molecule has 0 spiro atoms. The van der Waals surface area contributed by atoms with Crippen LogP contribution in [0.2, 0.25) is 0 Å². The number of para-hydroxylation sites is 2. The first-order valence-electron chi connectivity index (χ1n) is 18.2. The zero-order chi connectivity index (χ0) is 34.4. The summed E-state index contributed by atoms with van der Waals surface area (Å²) < 4.78 is 2.46. The van der Waals surface area contributed by atoms with Gasteiger partial charge in [0.05, 0.1) is 16.7 Å². The fraction of sp³-hybridized carbons (Fsp3) is 0.0400. The number of rotatable bonds is 6. The summed E-state index contributed by atoms with van der Waals surface area (Å²) in [6.07, 6.45) is 6.72. The normalized spacial score (nSPS) is 12.4. The third-order valence-corrected chi connectivity index (χ3v) is 10.6. The van der Waals surface area contributed by atoms with Gasteiger partial charge in [0.2, 0.25) is 0 Å². The molecule has 0 radical (unpaired) electrons. The molecular weight excluding hydrogens is 629 g/mol. The Kier molecular flexibility index (Phi) is 7.32. The minimum absolute atomic E-state index is 1.08. The van der Waals surface area contributed by atoms with E-state index in [1.807, 2.05) is 0 Å². The van der Waals surface area contributed by atoms with Gasteiger partial charge in [-0.15, -0.1) is 0 Å². The van der Waals surface area contributed by atoms with Gasteiger partial charge in [0.25, 0.3) is 0 Å². The Morgan fingerprint density at radius 1 is 0.442 bits per heavy atom. The molecule has 2 heteroatoms. The van der Waals surface area contributed by atoms with Gasteiger partial charge in [-0.1, -0.05) is 133 Å². The molecular formula is C50H36N2. The Bertz CT molecular complexity index is 2770. The Morgan fingerprint density at radius 3 is 1.94 bits per heavy atom. The van der Waals surface area contributed by atoms with Gasteiger partial charge in [-0.25, -0.2) is 0 Å². The molecule has 0 N–H and O–H groups in total. The van der Waals surface area contributed by atoms with E-state index in [0.29, 0.717) is 0 Å². The lowest BCUT2D eigenvalue weighted by molar-refractivity contribution is 0.988. The van der Waals surface area contributed by atoms with E-state index >= 15 is 0 Å². The van der Waals surface area contributed by atoms with Gasteiger partial charge in [-0.05, 0) is 112 Å². The van der Waals surface area contributed by atoms with E-state index in [4.69, 9.17) is 0 Å². The summed E-state index contributed by atoms with van der Waals surface area (Å²) in [5.41, 5.74) is 14.6. The van der Waals surface area contributed by atoms with Crippen molar-refractivity contribution in [3.05, 3.63) is 199 Å². The van der Waals surface area contributed by atoms with Crippen LogP contribution >= 0.6 is 0 Å². The Labute approximate surface area is 304 Å². The van der Waals surface area contributed by atoms with Gasteiger partial charge in [0, 0.05) is 33.4 Å². The molecule has 8 aromatic carbocycles. The Balaban J connectivity index is 1.17. The van der Waals surface area contributed by atoms with Crippen molar-refractivity contribution in [2.45, 2.75) is 12.8 Å². The highest BCUT2D eigenvalue weighted by molar-refractivity contribution is 6.14. The third-order valence-electron chi connectivity index (χ3n) is 10.6. The van der Waals surface area contributed by atoms with Crippen LogP contribution in [-0.4, -0.2) is 4.57 Å². The van der Waals surface area contributed by atoms with Gasteiger partial charge < -0.3 is 9.47 Å². The largest absolute Gasteiger partial charge is 0.310 e. The van der Waals surface area contributed by atoms with Crippen LogP contribution in [0, 0.1) is 0 Å².